The van der Waals surface area contributed by atoms with Gasteiger partial charge in [-0.2, -0.15) is 5.26 Å². The van der Waals surface area contributed by atoms with Crippen molar-refractivity contribution in [2.45, 2.75) is 4.90 Å². The van der Waals surface area contributed by atoms with E-state index in [9.17, 15) is 18.5 Å². The molecule has 0 radical (unpaired) electrons. The molecule has 3 heterocycles. The predicted molar refractivity (Wildman–Crippen MR) is 157 cm³/mol. The normalized spacial score (nSPS) is 11.8. The number of rotatable bonds is 7. The lowest BCUT2D eigenvalue weighted by molar-refractivity contribution is 0.102. The van der Waals surface area contributed by atoms with Crippen LogP contribution in [0.2, 0.25) is 0 Å². The van der Waals surface area contributed by atoms with Crippen molar-refractivity contribution in [2.75, 3.05) is 5.32 Å². The first-order chi connectivity index (χ1) is 18.7. The Bertz CT molecular complexity index is 1830. The second-order valence-electron chi connectivity index (χ2n) is 8.08. The molecular formula is C27H17BrN4O4S3. The highest BCUT2D eigenvalue weighted by Crippen LogP contribution is 2.39. The number of thiophene rings is 1. The highest BCUT2D eigenvalue weighted by atomic mass is 79.9. The molecule has 5 aromatic rings. The smallest absolute Gasteiger partial charge is 0.256 e. The molecule has 0 bridgehead atoms. The highest BCUT2D eigenvalue weighted by Gasteiger charge is 2.20. The number of thiazole rings is 1. The Hall–Kier alpha value is -3.86. The van der Waals surface area contributed by atoms with E-state index in [1.165, 1.54) is 34.8 Å². The third-order valence-electron chi connectivity index (χ3n) is 5.45. The summed E-state index contributed by atoms with van der Waals surface area (Å²) >= 11 is 6.04. The van der Waals surface area contributed by atoms with E-state index in [1.54, 1.807) is 54.6 Å². The van der Waals surface area contributed by atoms with Gasteiger partial charge in [0.25, 0.3) is 5.91 Å². The molecule has 0 unspecified atom stereocenters. The minimum atomic E-state index is -3.80. The van der Waals surface area contributed by atoms with E-state index in [-0.39, 0.29) is 16.4 Å². The molecule has 3 aromatic heterocycles. The summed E-state index contributed by atoms with van der Waals surface area (Å²) in [5, 5.41) is 20.9. The van der Waals surface area contributed by atoms with Gasteiger partial charge in [0.1, 0.15) is 33.3 Å². The molecule has 0 fully saturated rings. The Morgan fingerprint density at radius 2 is 1.82 bits per heavy atom. The number of nitrogens with two attached hydrogens (primary N) is 1. The second kappa shape index (κ2) is 11.1. The number of anilines is 1. The van der Waals surface area contributed by atoms with Crippen molar-refractivity contribution in [3.63, 3.8) is 0 Å². The maximum Gasteiger partial charge on any atom is 0.256 e. The van der Waals surface area contributed by atoms with Gasteiger partial charge < -0.3 is 9.73 Å². The van der Waals surface area contributed by atoms with Gasteiger partial charge in [0.05, 0.1) is 15.3 Å². The quantitative estimate of drug-likeness (QED) is 0.187. The van der Waals surface area contributed by atoms with Crippen molar-refractivity contribution in [1.29, 1.82) is 5.26 Å². The number of primary sulfonamides is 1. The maximum absolute atomic E-state index is 12.9. The van der Waals surface area contributed by atoms with Crippen LogP contribution in [-0.2, 0) is 10.0 Å². The van der Waals surface area contributed by atoms with E-state index >= 15 is 0 Å². The third kappa shape index (κ3) is 6.08. The van der Waals surface area contributed by atoms with E-state index < -0.39 is 10.0 Å². The molecule has 0 spiro atoms. The lowest BCUT2D eigenvalue weighted by Gasteiger charge is -2.04. The third-order valence-corrected chi connectivity index (χ3v) is 8.79. The van der Waals surface area contributed by atoms with Crippen LogP contribution in [-0.4, -0.2) is 19.3 Å². The van der Waals surface area contributed by atoms with Gasteiger partial charge in [-0.25, -0.2) is 18.5 Å². The number of furan rings is 1. The molecule has 2 aromatic carbocycles. The zero-order valence-corrected chi connectivity index (χ0v) is 23.8. The zero-order chi connectivity index (χ0) is 27.6. The van der Waals surface area contributed by atoms with E-state index in [0.29, 0.717) is 38.4 Å². The van der Waals surface area contributed by atoms with Crippen molar-refractivity contribution in [3.05, 3.63) is 99.0 Å². The number of halogens is 1. The van der Waals surface area contributed by atoms with Crippen molar-refractivity contribution < 1.29 is 17.6 Å². The molecule has 0 aliphatic rings. The number of amides is 1. The molecule has 194 valence electrons. The van der Waals surface area contributed by atoms with Crippen LogP contribution >= 0.6 is 38.6 Å². The number of hydrogen-bond donors (Lipinski definition) is 2. The number of carbonyl (C=O) groups excluding carboxylic acids is 1. The number of aromatic nitrogens is 1. The highest BCUT2D eigenvalue weighted by molar-refractivity contribution is 9.10. The molecule has 3 N–H and O–H groups in total. The number of nitrogens with zero attached hydrogens (tertiary/aromatic N) is 2. The van der Waals surface area contributed by atoms with E-state index in [0.717, 1.165) is 9.35 Å². The number of allylic oxidation sites excluding steroid dienone is 1. The standard InChI is InChI=1S/C27H17BrN4O4S3/c28-19-7-3-17(4-8-19)25(33)32-27-24(23-2-1-13-37-23)31-26(38-27)18(15-29)14-20-9-12-22(36-20)16-5-10-21(11-6-16)39(30,34)35/h1-14H,(H,32,33)(H2,30,34,35). The fraction of sp³-hybridized carbons (Fsp3) is 0. The van der Waals surface area contributed by atoms with Crippen LogP contribution in [0.3, 0.4) is 0 Å². The summed E-state index contributed by atoms with van der Waals surface area (Å²) in [5.41, 5.74) is 1.97. The second-order valence-corrected chi connectivity index (χ2v) is 12.5. The Morgan fingerprint density at radius 3 is 2.46 bits per heavy atom. The van der Waals surface area contributed by atoms with Crippen molar-refractivity contribution >= 4 is 71.2 Å². The number of benzene rings is 2. The molecule has 0 saturated heterocycles. The fourth-order valence-corrected chi connectivity index (χ4v) is 6.06. The predicted octanol–water partition coefficient (Wildman–Crippen LogP) is 6.86. The van der Waals surface area contributed by atoms with Crippen LogP contribution in [0.1, 0.15) is 21.1 Å². The molecule has 1 amide bonds. The van der Waals surface area contributed by atoms with Gasteiger partial charge in [0.2, 0.25) is 10.0 Å². The SMILES string of the molecule is N#CC(=Cc1ccc(-c2ccc(S(N)(=O)=O)cc2)o1)c1nc(-c2cccs2)c(NC(=O)c2ccc(Br)cc2)s1. The first-order valence-corrected chi connectivity index (χ1v) is 15.2. The van der Waals surface area contributed by atoms with Crippen LogP contribution < -0.4 is 10.5 Å². The van der Waals surface area contributed by atoms with Crippen LogP contribution in [0.25, 0.3) is 33.5 Å². The van der Waals surface area contributed by atoms with Crippen molar-refractivity contribution in [1.82, 2.24) is 4.98 Å². The summed E-state index contributed by atoms with van der Waals surface area (Å²) in [7, 11) is -3.80. The van der Waals surface area contributed by atoms with E-state index in [4.69, 9.17) is 9.56 Å². The Kier molecular flexibility index (Phi) is 7.60. The maximum atomic E-state index is 12.9. The van der Waals surface area contributed by atoms with Gasteiger partial charge in [0, 0.05) is 21.7 Å². The van der Waals surface area contributed by atoms with Crippen LogP contribution in [0.4, 0.5) is 5.00 Å². The molecular weight excluding hydrogens is 620 g/mol. The molecule has 5 rings (SSSR count). The molecule has 8 nitrogen and oxygen atoms in total. The molecule has 39 heavy (non-hydrogen) atoms. The number of sulfonamides is 1. The summed E-state index contributed by atoms with van der Waals surface area (Å²) in [6.07, 6.45) is 1.57. The summed E-state index contributed by atoms with van der Waals surface area (Å²) in [6, 6.07) is 22.3. The molecule has 0 saturated carbocycles. The first kappa shape index (κ1) is 26.7. The monoisotopic (exact) mass is 636 g/mol. The van der Waals surface area contributed by atoms with Crippen LogP contribution in [0.15, 0.2) is 92.0 Å². The summed E-state index contributed by atoms with van der Waals surface area (Å²) in [5.74, 6) is 0.605. The van der Waals surface area contributed by atoms with Gasteiger partial charge in [-0.05, 0) is 72.1 Å². The number of hydrogen-bond acceptors (Lipinski definition) is 8. The molecule has 12 heteroatoms. The van der Waals surface area contributed by atoms with Gasteiger partial charge in [-0.3, -0.25) is 4.79 Å². The number of nitriles is 1. The number of nitrogens with one attached hydrogen (secondary N) is 1. The topological polar surface area (TPSA) is 139 Å². The molecule has 0 aliphatic carbocycles. The summed E-state index contributed by atoms with van der Waals surface area (Å²) in [6.45, 7) is 0. The lowest BCUT2D eigenvalue weighted by atomic mass is 10.2. The van der Waals surface area contributed by atoms with Gasteiger partial charge in [-0.1, -0.05) is 33.3 Å². The average Bonchev–Trinajstić information content (AvgIpc) is 3.68. The minimum Gasteiger partial charge on any atom is -0.457 e. The number of carbonyl (C=O) groups is 1. The van der Waals surface area contributed by atoms with Crippen LogP contribution in [0, 0.1) is 11.3 Å². The largest absolute Gasteiger partial charge is 0.457 e. The Balaban J connectivity index is 1.45. The zero-order valence-electron chi connectivity index (χ0n) is 19.8. The lowest BCUT2D eigenvalue weighted by Crippen LogP contribution is -2.11. The Morgan fingerprint density at radius 1 is 1.08 bits per heavy atom. The average molecular weight is 638 g/mol. The summed E-state index contributed by atoms with van der Waals surface area (Å²) in [4.78, 5) is 18.5. The van der Waals surface area contributed by atoms with Gasteiger partial charge in [-0.15, -0.1) is 11.3 Å². The van der Waals surface area contributed by atoms with Crippen molar-refractivity contribution in [2.24, 2.45) is 5.14 Å². The molecule has 0 aliphatic heterocycles. The van der Waals surface area contributed by atoms with Gasteiger partial charge >= 0.3 is 0 Å². The van der Waals surface area contributed by atoms with E-state index in [1.807, 2.05) is 17.5 Å². The fourth-order valence-electron chi connectivity index (χ4n) is 3.56. The first-order valence-electron chi connectivity index (χ1n) is 11.2. The van der Waals surface area contributed by atoms with Crippen LogP contribution in [0.5, 0.6) is 0 Å². The minimum absolute atomic E-state index is 0.00182. The summed E-state index contributed by atoms with van der Waals surface area (Å²) < 4.78 is 29.8. The van der Waals surface area contributed by atoms with E-state index in [2.05, 4.69) is 32.3 Å². The Labute approximate surface area is 240 Å². The van der Waals surface area contributed by atoms with Crippen molar-refractivity contribution in [3.8, 4) is 28.0 Å². The molecule has 0 atom stereocenters. The van der Waals surface area contributed by atoms with Gasteiger partial charge in [0.15, 0.2) is 0 Å².